The number of ether oxygens (including phenoxy) is 3. The van der Waals surface area contributed by atoms with Gasteiger partial charge in [0.05, 0.1) is 6.61 Å². The van der Waals surface area contributed by atoms with Crippen molar-refractivity contribution in [3.8, 4) is 5.75 Å². The Labute approximate surface area is 129 Å². The lowest BCUT2D eigenvalue weighted by molar-refractivity contribution is -0.0216. The Bertz CT molecular complexity index is 621. The van der Waals surface area contributed by atoms with Crippen LogP contribution in [0.5, 0.6) is 5.75 Å². The van der Waals surface area contributed by atoms with Crippen molar-refractivity contribution in [3.05, 3.63) is 65.5 Å². The zero-order valence-corrected chi connectivity index (χ0v) is 12.5. The Morgan fingerprint density at radius 3 is 2.68 bits per heavy atom. The molecule has 0 aromatic heterocycles. The van der Waals surface area contributed by atoms with E-state index in [-0.39, 0.29) is 5.82 Å². The largest absolute Gasteiger partial charge is 0.489 e. The average molecular weight is 302 g/mol. The van der Waals surface area contributed by atoms with Gasteiger partial charge >= 0.3 is 0 Å². The lowest BCUT2D eigenvalue weighted by Crippen LogP contribution is -2.28. The standard InChI is InChI=1S/C18H19FO3/c1-20-18(7-8-21-13-18)15-9-16(19)11-17(10-15)22-12-14-5-3-2-4-6-14/h2-6,9-11H,7-8,12-13H2,1H3. The second kappa shape index (κ2) is 6.46. The second-order valence-electron chi connectivity index (χ2n) is 5.45. The molecule has 1 aliphatic heterocycles. The van der Waals surface area contributed by atoms with Crippen LogP contribution in [-0.2, 0) is 21.7 Å². The van der Waals surface area contributed by atoms with Gasteiger partial charge in [0.1, 0.15) is 23.8 Å². The molecule has 1 heterocycles. The molecule has 0 N–H and O–H groups in total. The van der Waals surface area contributed by atoms with Crippen LogP contribution in [0, 0.1) is 5.82 Å². The van der Waals surface area contributed by atoms with Gasteiger partial charge in [-0.05, 0) is 23.3 Å². The fourth-order valence-electron chi connectivity index (χ4n) is 2.70. The summed E-state index contributed by atoms with van der Waals surface area (Å²) in [7, 11) is 1.63. The molecule has 1 aliphatic rings. The molecule has 22 heavy (non-hydrogen) atoms. The number of hydrogen-bond acceptors (Lipinski definition) is 3. The van der Waals surface area contributed by atoms with Gasteiger partial charge < -0.3 is 14.2 Å². The van der Waals surface area contributed by atoms with Gasteiger partial charge in [-0.15, -0.1) is 0 Å². The lowest BCUT2D eigenvalue weighted by atomic mass is 9.92. The summed E-state index contributed by atoms with van der Waals surface area (Å²) >= 11 is 0. The van der Waals surface area contributed by atoms with E-state index in [9.17, 15) is 4.39 Å². The molecule has 2 aromatic carbocycles. The summed E-state index contributed by atoms with van der Waals surface area (Å²) in [6, 6.07) is 14.5. The first kappa shape index (κ1) is 15.0. The summed E-state index contributed by atoms with van der Waals surface area (Å²) in [6.07, 6.45) is 0.713. The van der Waals surface area contributed by atoms with Gasteiger partial charge in [-0.2, -0.15) is 0 Å². The Balaban J connectivity index is 1.81. The number of benzene rings is 2. The molecule has 1 fully saturated rings. The van der Waals surface area contributed by atoms with Gasteiger partial charge in [-0.3, -0.25) is 0 Å². The van der Waals surface area contributed by atoms with Crippen LogP contribution in [0.4, 0.5) is 4.39 Å². The Morgan fingerprint density at radius 2 is 2.00 bits per heavy atom. The Hall–Kier alpha value is -1.91. The van der Waals surface area contributed by atoms with Gasteiger partial charge in [0.15, 0.2) is 0 Å². The van der Waals surface area contributed by atoms with Crippen LogP contribution < -0.4 is 4.74 Å². The predicted molar refractivity (Wildman–Crippen MR) is 81.3 cm³/mol. The third-order valence-electron chi connectivity index (χ3n) is 4.02. The highest BCUT2D eigenvalue weighted by molar-refractivity contribution is 5.34. The van der Waals surface area contributed by atoms with Gasteiger partial charge in [-0.25, -0.2) is 4.39 Å². The normalized spacial score (nSPS) is 21.0. The first-order chi connectivity index (χ1) is 10.7. The first-order valence-corrected chi connectivity index (χ1v) is 7.32. The summed E-state index contributed by atoms with van der Waals surface area (Å²) in [5.41, 5.74) is 1.22. The smallest absolute Gasteiger partial charge is 0.127 e. The van der Waals surface area contributed by atoms with E-state index in [1.54, 1.807) is 7.11 Å². The van der Waals surface area contributed by atoms with Crippen molar-refractivity contribution in [2.75, 3.05) is 20.3 Å². The predicted octanol–water partition coefficient (Wildman–Crippen LogP) is 3.67. The highest BCUT2D eigenvalue weighted by Crippen LogP contribution is 2.36. The molecule has 0 saturated carbocycles. The van der Waals surface area contributed by atoms with Gasteiger partial charge in [0.25, 0.3) is 0 Å². The van der Waals surface area contributed by atoms with E-state index in [0.717, 1.165) is 11.1 Å². The third kappa shape index (κ3) is 3.13. The molecule has 0 bridgehead atoms. The summed E-state index contributed by atoms with van der Waals surface area (Å²) in [6.45, 7) is 1.45. The molecule has 0 amide bonds. The van der Waals surface area contributed by atoms with E-state index in [0.29, 0.717) is 32.0 Å². The number of hydrogen-bond donors (Lipinski definition) is 0. The van der Waals surface area contributed by atoms with E-state index < -0.39 is 5.60 Å². The monoisotopic (exact) mass is 302 g/mol. The van der Waals surface area contributed by atoms with Crippen LogP contribution in [0.15, 0.2) is 48.5 Å². The van der Waals surface area contributed by atoms with Crippen LogP contribution in [0.1, 0.15) is 17.5 Å². The summed E-state index contributed by atoms with van der Waals surface area (Å²) in [5, 5.41) is 0. The van der Waals surface area contributed by atoms with Crippen molar-refractivity contribution in [3.63, 3.8) is 0 Å². The minimum absolute atomic E-state index is 0.330. The maximum Gasteiger partial charge on any atom is 0.127 e. The number of rotatable bonds is 5. The van der Waals surface area contributed by atoms with Gasteiger partial charge in [0, 0.05) is 26.2 Å². The molecular formula is C18H19FO3. The Morgan fingerprint density at radius 1 is 1.18 bits per heavy atom. The van der Waals surface area contributed by atoms with E-state index >= 15 is 0 Å². The van der Waals surface area contributed by atoms with Crippen LogP contribution >= 0.6 is 0 Å². The summed E-state index contributed by atoms with van der Waals surface area (Å²) in [5.74, 6) is 0.172. The average Bonchev–Trinajstić information content (AvgIpc) is 3.04. The van der Waals surface area contributed by atoms with E-state index in [4.69, 9.17) is 14.2 Å². The van der Waals surface area contributed by atoms with Crippen molar-refractivity contribution < 1.29 is 18.6 Å². The van der Waals surface area contributed by atoms with Gasteiger partial charge in [0.2, 0.25) is 0 Å². The van der Waals surface area contributed by atoms with Crippen LogP contribution in [0.3, 0.4) is 0 Å². The molecule has 1 saturated heterocycles. The van der Waals surface area contributed by atoms with E-state index in [2.05, 4.69) is 0 Å². The molecular weight excluding hydrogens is 283 g/mol. The van der Waals surface area contributed by atoms with E-state index in [1.165, 1.54) is 12.1 Å². The topological polar surface area (TPSA) is 27.7 Å². The summed E-state index contributed by atoms with van der Waals surface area (Å²) < 4.78 is 30.7. The molecule has 1 unspecified atom stereocenters. The van der Waals surface area contributed by atoms with Crippen LogP contribution in [0.25, 0.3) is 0 Å². The van der Waals surface area contributed by atoms with Crippen molar-refractivity contribution in [1.29, 1.82) is 0 Å². The molecule has 3 nitrogen and oxygen atoms in total. The van der Waals surface area contributed by atoms with Crippen LogP contribution in [-0.4, -0.2) is 20.3 Å². The maximum absolute atomic E-state index is 13.9. The third-order valence-corrected chi connectivity index (χ3v) is 4.02. The zero-order valence-electron chi connectivity index (χ0n) is 12.5. The zero-order chi connectivity index (χ0) is 15.4. The first-order valence-electron chi connectivity index (χ1n) is 7.32. The highest BCUT2D eigenvalue weighted by Gasteiger charge is 2.37. The van der Waals surface area contributed by atoms with Gasteiger partial charge in [-0.1, -0.05) is 30.3 Å². The highest BCUT2D eigenvalue weighted by atomic mass is 19.1. The quantitative estimate of drug-likeness (QED) is 0.843. The molecule has 0 radical (unpaired) electrons. The molecule has 1 atom stereocenters. The number of methoxy groups -OCH3 is 1. The Kier molecular flexibility index (Phi) is 4.41. The van der Waals surface area contributed by atoms with Crippen LogP contribution in [0.2, 0.25) is 0 Å². The SMILES string of the molecule is COC1(c2cc(F)cc(OCc3ccccc3)c2)CCOC1. The van der Waals surface area contributed by atoms with Crippen molar-refractivity contribution >= 4 is 0 Å². The second-order valence-corrected chi connectivity index (χ2v) is 5.45. The fraction of sp³-hybridized carbons (Fsp3) is 0.333. The number of halogens is 1. The molecule has 0 spiro atoms. The summed E-state index contributed by atoms with van der Waals surface area (Å²) in [4.78, 5) is 0. The fourth-order valence-corrected chi connectivity index (χ4v) is 2.70. The van der Waals surface area contributed by atoms with E-state index in [1.807, 2.05) is 36.4 Å². The van der Waals surface area contributed by atoms with Crippen molar-refractivity contribution in [2.45, 2.75) is 18.6 Å². The molecule has 3 rings (SSSR count). The minimum Gasteiger partial charge on any atom is -0.489 e. The molecule has 2 aromatic rings. The molecule has 4 heteroatoms. The lowest BCUT2D eigenvalue weighted by Gasteiger charge is -2.26. The molecule has 116 valence electrons. The maximum atomic E-state index is 13.9. The minimum atomic E-state index is -0.576. The molecule has 0 aliphatic carbocycles. The van der Waals surface area contributed by atoms with Crippen molar-refractivity contribution in [1.82, 2.24) is 0 Å². The van der Waals surface area contributed by atoms with Crippen molar-refractivity contribution in [2.24, 2.45) is 0 Å².